The normalized spacial score (nSPS) is 20.1. The Balaban J connectivity index is 2.22. The van der Waals surface area contributed by atoms with Crippen molar-refractivity contribution < 1.29 is 14.2 Å². The minimum atomic E-state index is -0.117. The Morgan fingerprint density at radius 2 is 1.95 bits per heavy atom. The molecule has 0 radical (unpaired) electrons. The zero-order chi connectivity index (χ0) is 14.9. The molecule has 0 unspecified atom stereocenters. The van der Waals surface area contributed by atoms with Crippen LogP contribution in [0, 0.1) is 0 Å². The van der Waals surface area contributed by atoms with Crippen molar-refractivity contribution in [2.24, 2.45) is 5.73 Å². The van der Waals surface area contributed by atoms with E-state index in [-0.39, 0.29) is 5.41 Å². The molecule has 0 saturated heterocycles. The molecule has 0 atom stereocenters. The van der Waals surface area contributed by atoms with Crippen molar-refractivity contribution in [3.8, 4) is 17.2 Å². The van der Waals surface area contributed by atoms with Crippen molar-refractivity contribution in [2.45, 2.75) is 37.5 Å². The molecule has 1 fully saturated rings. The molecule has 4 nitrogen and oxygen atoms in total. The van der Waals surface area contributed by atoms with Gasteiger partial charge >= 0.3 is 0 Å². The third-order valence-corrected chi connectivity index (χ3v) is 4.91. The topological polar surface area (TPSA) is 53.7 Å². The van der Waals surface area contributed by atoms with E-state index in [2.05, 4.69) is 0 Å². The molecule has 1 heterocycles. The molecule has 0 aromatic heterocycles. The SMILES string of the molecule is COc1c(Cl)cc2c(c1C1(CN)CCCC1)OCCCO2. The summed E-state index contributed by atoms with van der Waals surface area (Å²) in [6.45, 7) is 1.86. The molecule has 1 aliphatic carbocycles. The van der Waals surface area contributed by atoms with Crippen molar-refractivity contribution in [3.63, 3.8) is 0 Å². The number of benzene rings is 1. The first kappa shape index (κ1) is 14.8. The second-order valence-electron chi connectivity index (χ2n) is 5.84. The van der Waals surface area contributed by atoms with Crippen LogP contribution in [0.5, 0.6) is 17.2 Å². The lowest BCUT2D eigenvalue weighted by molar-refractivity contribution is 0.290. The van der Waals surface area contributed by atoms with Gasteiger partial charge in [0.05, 0.1) is 25.3 Å². The lowest BCUT2D eigenvalue weighted by Gasteiger charge is -2.32. The highest BCUT2D eigenvalue weighted by Gasteiger charge is 2.41. The van der Waals surface area contributed by atoms with Gasteiger partial charge in [-0.15, -0.1) is 0 Å². The van der Waals surface area contributed by atoms with E-state index in [1.54, 1.807) is 13.2 Å². The van der Waals surface area contributed by atoms with E-state index in [0.29, 0.717) is 36.3 Å². The van der Waals surface area contributed by atoms with Crippen molar-refractivity contribution in [1.82, 2.24) is 0 Å². The number of fused-ring (bicyclic) bond motifs is 1. The Labute approximate surface area is 130 Å². The van der Waals surface area contributed by atoms with Crippen molar-refractivity contribution in [1.29, 1.82) is 0 Å². The van der Waals surface area contributed by atoms with Gasteiger partial charge in [0.15, 0.2) is 11.5 Å². The predicted molar refractivity (Wildman–Crippen MR) is 82.8 cm³/mol. The first-order chi connectivity index (χ1) is 10.2. The largest absolute Gasteiger partial charge is 0.495 e. The second kappa shape index (κ2) is 5.93. The van der Waals surface area contributed by atoms with Crippen LogP contribution in [-0.2, 0) is 5.41 Å². The predicted octanol–water partition coefficient (Wildman–Crippen LogP) is 3.28. The molecule has 1 aromatic rings. The van der Waals surface area contributed by atoms with Crippen molar-refractivity contribution in [2.75, 3.05) is 26.9 Å². The summed E-state index contributed by atoms with van der Waals surface area (Å²) >= 11 is 6.42. The maximum atomic E-state index is 6.42. The van der Waals surface area contributed by atoms with E-state index >= 15 is 0 Å². The number of rotatable bonds is 3. The summed E-state index contributed by atoms with van der Waals surface area (Å²) in [4.78, 5) is 0. The average molecular weight is 312 g/mol. The molecule has 21 heavy (non-hydrogen) atoms. The van der Waals surface area contributed by atoms with Crippen LogP contribution in [0.25, 0.3) is 0 Å². The molecular weight excluding hydrogens is 290 g/mol. The molecule has 2 N–H and O–H groups in total. The average Bonchev–Trinajstić information content (AvgIpc) is 2.86. The summed E-state index contributed by atoms with van der Waals surface area (Å²) < 4.78 is 17.4. The van der Waals surface area contributed by atoms with Crippen molar-refractivity contribution in [3.05, 3.63) is 16.7 Å². The smallest absolute Gasteiger partial charge is 0.168 e. The summed E-state index contributed by atoms with van der Waals surface area (Å²) in [6.07, 6.45) is 5.28. The highest BCUT2D eigenvalue weighted by atomic mass is 35.5. The highest BCUT2D eigenvalue weighted by Crippen LogP contribution is 2.54. The molecule has 0 amide bonds. The molecule has 0 bridgehead atoms. The number of halogens is 1. The Morgan fingerprint density at radius 1 is 1.24 bits per heavy atom. The van der Waals surface area contributed by atoms with E-state index in [9.17, 15) is 0 Å². The molecule has 5 heteroatoms. The van der Waals surface area contributed by atoms with Gasteiger partial charge in [0, 0.05) is 30.0 Å². The third kappa shape index (κ3) is 2.44. The van der Waals surface area contributed by atoms with Gasteiger partial charge in [-0.1, -0.05) is 24.4 Å². The number of methoxy groups -OCH3 is 1. The van der Waals surface area contributed by atoms with Crippen LogP contribution < -0.4 is 19.9 Å². The molecule has 3 rings (SSSR count). The first-order valence-electron chi connectivity index (χ1n) is 7.58. The Kier molecular flexibility index (Phi) is 4.18. The maximum Gasteiger partial charge on any atom is 0.168 e. The lowest BCUT2D eigenvalue weighted by atomic mass is 9.77. The third-order valence-electron chi connectivity index (χ3n) is 4.63. The van der Waals surface area contributed by atoms with Crippen LogP contribution in [0.2, 0.25) is 5.02 Å². The van der Waals surface area contributed by atoms with E-state index in [1.165, 1.54) is 12.8 Å². The van der Waals surface area contributed by atoms with Gasteiger partial charge in [-0.3, -0.25) is 0 Å². The maximum absolute atomic E-state index is 6.42. The van der Waals surface area contributed by atoms with Gasteiger partial charge in [-0.25, -0.2) is 0 Å². The van der Waals surface area contributed by atoms with Gasteiger partial charge in [0.25, 0.3) is 0 Å². The molecule has 1 aliphatic heterocycles. The van der Waals surface area contributed by atoms with Crippen LogP contribution >= 0.6 is 11.6 Å². The monoisotopic (exact) mass is 311 g/mol. The Morgan fingerprint density at radius 3 is 2.62 bits per heavy atom. The van der Waals surface area contributed by atoms with E-state index in [0.717, 1.165) is 30.6 Å². The molecule has 1 saturated carbocycles. The number of hydrogen-bond donors (Lipinski definition) is 1. The zero-order valence-electron chi connectivity index (χ0n) is 12.4. The quantitative estimate of drug-likeness (QED) is 0.930. The minimum absolute atomic E-state index is 0.117. The van der Waals surface area contributed by atoms with E-state index in [1.807, 2.05) is 0 Å². The molecular formula is C16H22ClNO3. The van der Waals surface area contributed by atoms with Crippen LogP contribution in [0.4, 0.5) is 0 Å². The molecule has 0 spiro atoms. The lowest BCUT2D eigenvalue weighted by Crippen LogP contribution is -2.33. The molecule has 1 aromatic carbocycles. The van der Waals surface area contributed by atoms with Gasteiger partial charge in [0.2, 0.25) is 0 Å². The van der Waals surface area contributed by atoms with Crippen LogP contribution in [-0.4, -0.2) is 26.9 Å². The zero-order valence-corrected chi connectivity index (χ0v) is 13.2. The van der Waals surface area contributed by atoms with E-state index < -0.39 is 0 Å². The number of nitrogens with two attached hydrogens (primary N) is 1. The van der Waals surface area contributed by atoms with Crippen LogP contribution in [0.3, 0.4) is 0 Å². The second-order valence-corrected chi connectivity index (χ2v) is 6.24. The summed E-state index contributed by atoms with van der Waals surface area (Å²) in [6, 6.07) is 1.80. The van der Waals surface area contributed by atoms with Crippen LogP contribution in [0.15, 0.2) is 6.07 Å². The van der Waals surface area contributed by atoms with Gasteiger partial charge in [0.1, 0.15) is 5.75 Å². The minimum Gasteiger partial charge on any atom is -0.495 e. The summed E-state index contributed by atoms with van der Waals surface area (Å²) in [7, 11) is 1.65. The Bertz CT molecular complexity index is 527. The fraction of sp³-hybridized carbons (Fsp3) is 0.625. The summed E-state index contributed by atoms with van der Waals surface area (Å²) in [5.74, 6) is 2.18. The van der Waals surface area contributed by atoms with Gasteiger partial charge < -0.3 is 19.9 Å². The summed E-state index contributed by atoms with van der Waals surface area (Å²) in [5.41, 5.74) is 7.04. The fourth-order valence-corrected chi connectivity index (χ4v) is 3.82. The number of ether oxygens (including phenoxy) is 3. The molecule has 116 valence electrons. The van der Waals surface area contributed by atoms with E-state index in [4.69, 9.17) is 31.5 Å². The first-order valence-corrected chi connectivity index (χ1v) is 7.96. The Hall–Kier alpha value is -1.13. The highest BCUT2D eigenvalue weighted by molar-refractivity contribution is 6.32. The van der Waals surface area contributed by atoms with Crippen LogP contribution in [0.1, 0.15) is 37.7 Å². The van der Waals surface area contributed by atoms with Gasteiger partial charge in [-0.05, 0) is 12.8 Å². The number of hydrogen-bond acceptors (Lipinski definition) is 4. The summed E-state index contributed by atoms with van der Waals surface area (Å²) in [5, 5.41) is 0.566. The van der Waals surface area contributed by atoms with Crippen molar-refractivity contribution >= 4 is 11.6 Å². The molecule has 2 aliphatic rings. The van der Waals surface area contributed by atoms with Gasteiger partial charge in [-0.2, -0.15) is 0 Å². The standard InChI is InChI=1S/C16H22ClNO3/c1-19-14-11(17)9-12-15(21-8-4-7-20-12)13(14)16(10-18)5-2-3-6-16/h9H,2-8,10,18H2,1H3. The fourth-order valence-electron chi connectivity index (χ4n) is 3.55.